The molecule has 0 radical (unpaired) electrons. The van der Waals surface area contributed by atoms with E-state index in [0.717, 1.165) is 24.1 Å². The van der Waals surface area contributed by atoms with Crippen molar-refractivity contribution in [3.05, 3.63) is 35.4 Å². The molecule has 0 atom stereocenters. The molecule has 0 aliphatic heterocycles. The number of carbonyl (C=O) groups is 1. The molecule has 1 rings (SSSR count). The van der Waals surface area contributed by atoms with Crippen LogP contribution in [0.25, 0.3) is 0 Å². The maximum absolute atomic E-state index is 12.4. The number of halogens is 3. The van der Waals surface area contributed by atoms with Crippen molar-refractivity contribution in [2.24, 2.45) is 0 Å². The normalized spacial score (nSPS) is 11.2. The number of methoxy groups -OCH3 is 1. The van der Waals surface area contributed by atoms with Crippen molar-refractivity contribution < 1.29 is 22.7 Å². The summed E-state index contributed by atoms with van der Waals surface area (Å²) in [5, 5.41) is 5.29. The van der Waals surface area contributed by atoms with Crippen LogP contribution >= 0.6 is 0 Å². The summed E-state index contributed by atoms with van der Waals surface area (Å²) >= 11 is 0. The summed E-state index contributed by atoms with van der Waals surface area (Å²) in [7, 11) is 1.59. The van der Waals surface area contributed by atoms with Gasteiger partial charge in [-0.1, -0.05) is 12.1 Å². The molecule has 0 aromatic heterocycles. The number of benzene rings is 1. The van der Waals surface area contributed by atoms with E-state index in [4.69, 9.17) is 4.74 Å². The highest BCUT2D eigenvalue weighted by molar-refractivity contribution is 5.73. The third-order valence-electron chi connectivity index (χ3n) is 2.79. The predicted octanol–water partition coefficient (Wildman–Crippen LogP) is 2.58. The van der Waals surface area contributed by atoms with E-state index >= 15 is 0 Å². The summed E-state index contributed by atoms with van der Waals surface area (Å²) in [6.45, 7) is 1.45. The fourth-order valence-corrected chi connectivity index (χ4v) is 1.66. The van der Waals surface area contributed by atoms with Crippen molar-refractivity contribution >= 4 is 6.03 Å². The topological polar surface area (TPSA) is 50.4 Å². The Balaban J connectivity index is 2.25. The quantitative estimate of drug-likeness (QED) is 0.761. The first kappa shape index (κ1) is 17.3. The van der Waals surface area contributed by atoms with Crippen molar-refractivity contribution in [1.29, 1.82) is 0 Å². The molecule has 0 saturated heterocycles. The van der Waals surface area contributed by atoms with Crippen LogP contribution in [0.2, 0.25) is 0 Å². The lowest BCUT2D eigenvalue weighted by Gasteiger charge is -2.09. The van der Waals surface area contributed by atoms with Gasteiger partial charge in [-0.25, -0.2) is 4.79 Å². The van der Waals surface area contributed by atoms with E-state index in [-0.39, 0.29) is 6.03 Å². The average molecular weight is 304 g/mol. The molecule has 21 heavy (non-hydrogen) atoms. The first-order valence-electron chi connectivity index (χ1n) is 6.60. The smallest absolute Gasteiger partial charge is 0.385 e. The number of carbonyl (C=O) groups excluding carboxylic acids is 1. The monoisotopic (exact) mass is 304 g/mol. The number of urea groups is 1. The molecule has 118 valence electrons. The maximum atomic E-state index is 12.4. The fraction of sp³-hybridized carbons (Fsp3) is 0.500. The molecular formula is C14H19F3N2O2. The Kier molecular flexibility index (Phi) is 7.01. The summed E-state index contributed by atoms with van der Waals surface area (Å²) < 4.78 is 42.0. The highest BCUT2D eigenvalue weighted by Crippen LogP contribution is 2.29. The van der Waals surface area contributed by atoms with Crippen LogP contribution in [0, 0.1) is 0 Å². The van der Waals surface area contributed by atoms with Gasteiger partial charge in [0.05, 0.1) is 5.56 Å². The third-order valence-corrected chi connectivity index (χ3v) is 2.79. The van der Waals surface area contributed by atoms with Crippen molar-refractivity contribution in [1.82, 2.24) is 10.6 Å². The van der Waals surface area contributed by atoms with E-state index in [1.54, 1.807) is 7.11 Å². The van der Waals surface area contributed by atoms with Crippen LogP contribution < -0.4 is 10.6 Å². The van der Waals surface area contributed by atoms with Gasteiger partial charge in [-0.05, 0) is 30.5 Å². The molecule has 4 nitrogen and oxygen atoms in total. The zero-order valence-electron chi connectivity index (χ0n) is 11.8. The zero-order valence-corrected chi connectivity index (χ0v) is 11.8. The lowest BCUT2D eigenvalue weighted by atomic mass is 10.1. The molecule has 2 amide bonds. The van der Waals surface area contributed by atoms with Crippen molar-refractivity contribution in [3.8, 4) is 0 Å². The minimum Gasteiger partial charge on any atom is -0.385 e. The summed E-state index contributed by atoms with van der Waals surface area (Å²) in [6.07, 6.45) is -3.12. The van der Waals surface area contributed by atoms with Crippen molar-refractivity contribution in [2.45, 2.75) is 19.0 Å². The van der Waals surface area contributed by atoms with Crippen LogP contribution in [0.4, 0.5) is 18.0 Å². The molecule has 1 aromatic rings. The molecule has 0 aliphatic carbocycles. The second-order valence-corrected chi connectivity index (χ2v) is 4.47. The van der Waals surface area contributed by atoms with Crippen LogP contribution in [-0.4, -0.2) is 32.8 Å². The Labute approximate surface area is 121 Å². The summed E-state index contributed by atoms with van der Waals surface area (Å²) in [5.74, 6) is 0. The third kappa shape index (κ3) is 6.99. The first-order valence-corrected chi connectivity index (χ1v) is 6.60. The van der Waals surface area contributed by atoms with E-state index in [9.17, 15) is 18.0 Å². The van der Waals surface area contributed by atoms with Crippen LogP contribution in [0.5, 0.6) is 0 Å². The van der Waals surface area contributed by atoms with Gasteiger partial charge in [0.1, 0.15) is 0 Å². The van der Waals surface area contributed by atoms with Crippen LogP contribution in [0.15, 0.2) is 24.3 Å². The second-order valence-electron chi connectivity index (χ2n) is 4.47. The van der Waals surface area contributed by atoms with Gasteiger partial charge in [0, 0.05) is 26.8 Å². The molecule has 0 spiro atoms. The molecule has 0 unspecified atom stereocenters. The van der Waals surface area contributed by atoms with E-state index in [1.165, 1.54) is 12.1 Å². The highest BCUT2D eigenvalue weighted by atomic mass is 19.4. The standard InChI is InChI=1S/C14H19F3N2O2/c1-21-10-2-8-18-13(20)19-9-7-11-3-5-12(6-4-11)14(15,16)17/h3-6H,2,7-10H2,1H3,(H2,18,19,20). The molecular weight excluding hydrogens is 285 g/mol. The van der Waals surface area contributed by atoms with E-state index in [0.29, 0.717) is 26.1 Å². The molecule has 7 heteroatoms. The highest BCUT2D eigenvalue weighted by Gasteiger charge is 2.29. The van der Waals surface area contributed by atoms with Crippen molar-refractivity contribution in [2.75, 3.05) is 26.8 Å². The van der Waals surface area contributed by atoms with Gasteiger partial charge in [0.2, 0.25) is 0 Å². The second kappa shape index (κ2) is 8.51. The summed E-state index contributed by atoms with van der Waals surface area (Å²) in [6, 6.07) is 4.63. The van der Waals surface area contributed by atoms with E-state index < -0.39 is 11.7 Å². The van der Waals surface area contributed by atoms with Crippen LogP contribution in [-0.2, 0) is 17.3 Å². The summed E-state index contributed by atoms with van der Waals surface area (Å²) in [4.78, 5) is 11.4. The van der Waals surface area contributed by atoms with Crippen molar-refractivity contribution in [3.63, 3.8) is 0 Å². The lowest BCUT2D eigenvalue weighted by Crippen LogP contribution is -2.37. The van der Waals surface area contributed by atoms with E-state index in [1.807, 2.05) is 0 Å². The molecule has 2 N–H and O–H groups in total. The Hall–Kier alpha value is -1.76. The van der Waals surface area contributed by atoms with Gasteiger partial charge in [-0.3, -0.25) is 0 Å². The molecule has 0 heterocycles. The minimum atomic E-state index is -4.32. The van der Waals surface area contributed by atoms with Gasteiger partial charge in [-0.2, -0.15) is 13.2 Å². The van der Waals surface area contributed by atoms with Gasteiger partial charge in [0.15, 0.2) is 0 Å². The number of hydrogen-bond donors (Lipinski definition) is 2. The molecule has 0 bridgehead atoms. The number of ether oxygens (including phenoxy) is 1. The predicted molar refractivity (Wildman–Crippen MR) is 73.0 cm³/mol. The zero-order chi connectivity index (χ0) is 15.7. The Bertz CT molecular complexity index is 433. The summed E-state index contributed by atoms with van der Waals surface area (Å²) in [5.41, 5.74) is 0.0674. The number of nitrogens with one attached hydrogen (secondary N) is 2. The average Bonchev–Trinajstić information content (AvgIpc) is 2.43. The van der Waals surface area contributed by atoms with Crippen LogP contribution in [0.1, 0.15) is 17.5 Å². The molecule has 0 aliphatic rings. The number of hydrogen-bond acceptors (Lipinski definition) is 2. The van der Waals surface area contributed by atoms with Gasteiger partial charge in [-0.15, -0.1) is 0 Å². The molecule has 1 aromatic carbocycles. The number of alkyl halides is 3. The van der Waals surface area contributed by atoms with Gasteiger partial charge in [0.25, 0.3) is 0 Å². The molecule has 0 fully saturated rings. The Morgan fingerprint density at radius 2 is 1.76 bits per heavy atom. The SMILES string of the molecule is COCCCNC(=O)NCCc1ccc(C(F)(F)F)cc1. The Morgan fingerprint density at radius 1 is 1.14 bits per heavy atom. The van der Waals surface area contributed by atoms with Gasteiger partial charge < -0.3 is 15.4 Å². The van der Waals surface area contributed by atoms with Crippen LogP contribution in [0.3, 0.4) is 0 Å². The maximum Gasteiger partial charge on any atom is 0.416 e. The van der Waals surface area contributed by atoms with Gasteiger partial charge >= 0.3 is 12.2 Å². The number of rotatable bonds is 7. The minimum absolute atomic E-state index is 0.294. The Morgan fingerprint density at radius 3 is 2.33 bits per heavy atom. The lowest BCUT2D eigenvalue weighted by molar-refractivity contribution is -0.137. The first-order chi connectivity index (χ1) is 9.93. The molecule has 0 saturated carbocycles. The fourth-order valence-electron chi connectivity index (χ4n) is 1.66. The number of amides is 2. The largest absolute Gasteiger partial charge is 0.416 e. The van der Waals surface area contributed by atoms with E-state index in [2.05, 4.69) is 10.6 Å².